The summed E-state index contributed by atoms with van der Waals surface area (Å²) in [4.78, 5) is 10.5. The molecule has 2 atom stereocenters. The third-order valence-electron chi connectivity index (χ3n) is 3.30. The first-order valence-electron chi connectivity index (χ1n) is 5.71. The predicted octanol–water partition coefficient (Wildman–Crippen LogP) is 2.72. The SMILES string of the molecule is O=C(O)OC1C=C2c3ccccc3NC2CC1. The Morgan fingerprint density at radius 1 is 1.35 bits per heavy atom. The van der Waals surface area contributed by atoms with Crippen LogP contribution in [0.3, 0.4) is 0 Å². The van der Waals surface area contributed by atoms with Gasteiger partial charge in [-0.1, -0.05) is 18.2 Å². The van der Waals surface area contributed by atoms with Crippen molar-refractivity contribution < 1.29 is 14.6 Å². The van der Waals surface area contributed by atoms with Crippen molar-refractivity contribution in [3.8, 4) is 0 Å². The maximum Gasteiger partial charge on any atom is 0.506 e. The number of benzene rings is 1. The van der Waals surface area contributed by atoms with E-state index in [-0.39, 0.29) is 6.10 Å². The lowest BCUT2D eigenvalue weighted by molar-refractivity contribution is 0.0643. The van der Waals surface area contributed by atoms with E-state index in [0.717, 1.165) is 29.7 Å². The van der Waals surface area contributed by atoms with Gasteiger partial charge in [0.1, 0.15) is 6.10 Å². The zero-order valence-electron chi connectivity index (χ0n) is 9.22. The van der Waals surface area contributed by atoms with Gasteiger partial charge in [-0.2, -0.15) is 0 Å². The third kappa shape index (κ3) is 1.75. The molecule has 88 valence electrons. The molecule has 1 aromatic rings. The van der Waals surface area contributed by atoms with E-state index < -0.39 is 6.16 Å². The molecular formula is C13H13NO3. The molecule has 1 aliphatic heterocycles. The summed E-state index contributed by atoms with van der Waals surface area (Å²) in [6.07, 6.45) is 2.05. The van der Waals surface area contributed by atoms with Gasteiger partial charge in [-0.05, 0) is 30.6 Å². The standard InChI is InChI=1S/C13H13NO3/c15-13(16)17-8-5-6-12-10(7-8)9-3-1-2-4-11(9)14-12/h1-4,7-8,12,14H,5-6H2,(H,15,16). The lowest BCUT2D eigenvalue weighted by Gasteiger charge is -2.23. The number of ether oxygens (including phenoxy) is 1. The monoisotopic (exact) mass is 231 g/mol. The fraction of sp³-hybridized carbons (Fsp3) is 0.308. The van der Waals surface area contributed by atoms with Crippen LogP contribution in [0.1, 0.15) is 18.4 Å². The van der Waals surface area contributed by atoms with Gasteiger partial charge in [0.2, 0.25) is 0 Å². The van der Waals surface area contributed by atoms with E-state index in [2.05, 4.69) is 11.4 Å². The van der Waals surface area contributed by atoms with Crippen LogP contribution in [0.15, 0.2) is 30.3 Å². The van der Waals surface area contributed by atoms with Crippen molar-refractivity contribution in [3.63, 3.8) is 0 Å². The minimum atomic E-state index is -1.20. The maximum atomic E-state index is 10.5. The molecule has 3 rings (SSSR count). The average Bonchev–Trinajstić information content (AvgIpc) is 2.66. The molecule has 17 heavy (non-hydrogen) atoms. The van der Waals surface area contributed by atoms with Gasteiger partial charge in [0.15, 0.2) is 0 Å². The number of anilines is 1. The van der Waals surface area contributed by atoms with E-state index in [4.69, 9.17) is 9.84 Å². The molecule has 2 unspecified atom stereocenters. The van der Waals surface area contributed by atoms with Crippen LogP contribution in [0.5, 0.6) is 0 Å². The molecule has 0 aromatic heterocycles. The van der Waals surface area contributed by atoms with E-state index >= 15 is 0 Å². The minimum Gasteiger partial charge on any atom is -0.450 e. The topological polar surface area (TPSA) is 58.6 Å². The highest BCUT2D eigenvalue weighted by Crippen LogP contribution is 2.40. The van der Waals surface area contributed by atoms with Crippen LogP contribution in [0, 0.1) is 0 Å². The highest BCUT2D eigenvalue weighted by molar-refractivity contribution is 5.87. The smallest absolute Gasteiger partial charge is 0.450 e. The lowest BCUT2D eigenvalue weighted by atomic mass is 9.91. The molecular weight excluding hydrogens is 218 g/mol. The summed E-state index contributed by atoms with van der Waals surface area (Å²) in [6.45, 7) is 0. The van der Waals surface area contributed by atoms with Crippen LogP contribution in [-0.2, 0) is 4.74 Å². The van der Waals surface area contributed by atoms with Crippen molar-refractivity contribution in [2.45, 2.75) is 25.0 Å². The molecule has 1 aromatic carbocycles. The van der Waals surface area contributed by atoms with E-state index in [0.29, 0.717) is 6.04 Å². The fourth-order valence-electron chi connectivity index (χ4n) is 2.58. The molecule has 0 saturated heterocycles. The van der Waals surface area contributed by atoms with Crippen LogP contribution in [0.2, 0.25) is 0 Å². The summed E-state index contributed by atoms with van der Waals surface area (Å²) < 4.78 is 4.83. The molecule has 0 saturated carbocycles. The fourth-order valence-corrected chi connectivity index (χ4v) is 2.58. The van der Waals surface area contributed by atoms with Crippen molar-refractivity contribution in [2.75, 3.05) is 5.32 Å². The molecule has 1 heterocycles. The van der Waals surface area contributed by atoms with Gasteiger partial charge in [-0.15, -0.1) is 0 Å². The van der Waals surface area contributed by atoms with E-state index in [1.165, 1.54) is 0 Å². The third-order valence-corrected chi connectivity index (χ3v) is 3.30. The lowest BCUT2D eigenvalue weighted by Crippen LogP contribution is -2.26. The zero-order valence-corrected chi connectivity index (χ0v) is 9.22. The molecule has 2 N–H and O–H groups in total. The number of carboxylic acid groups (broad SMARTS) is 1. The molecule has 0 radical (unpaired) electrons. The Bertz CT molecular complexity index is 495. The predicted molar refractivity (Wildman–Crippen MR) is 64.0 cm³/mol. The quantitative estimate of drug-likeness (QED) is 0.729. The van der Waals surface area contributed by atoms with E-state index in [1.807, 2.05) is 24.3 Å². The Morgan fingerprint density at radius 2 is 2.18 bits per heavy atom. The van der Waals surface area contributed by atoms with Crippen molar-refractivity contribution in [2.24, 2.45) is 0 Å². The van der Waals surface area contributed by atoms with Gasteiger partial charge in [0.25, 0.3) is 0 Å². The summed E-state index contributed by atoms with van der Waals surface area (Å²) in [6, 6.07) is 8.39. The Hall–Kier alpha value is -1.97. The van der Waals surface area contributed by atoms with Gasteiger partial charge < -0.3 is 15.2 Å². The van der Waals surface area contributed by atoms with Gasteiger partial charge in [-0.25, -0.2) is 4.79 Å². The van der Waals surface area contributed by atoms with Gasteiger partial charge in [0.05, 0.1) is 6.04 Å². The van der Waals surface area contributed by atoms with Crippen LogP contribution >= 0.6 is 0 Å². The summed E-state index contributed by atoms with van der Waals surface area (Å²) in [5, 5.41) is 12.1. The summed E-state index contributed by atoms with van der Waals surface area (Å²) >= 11 is 0. The second-order valence-corrected chi connectivity index (χ2v) is 4.36. The first-order valence-corrected chi connectivity index (χ1v) is 5.71. The maximum absolute atomic E-state index is 10.5. The number of fused-ring (bicyclic) bond motifs is 3. The second-order valence-electron chi connectivity index (χ2n) is 4.36. The van der Waals surface area contributed by atoms with Crippen LogP contribution in [0.25, 0.3) is 5.57 Å². The largest absolute Gasteiger partial charge is 0.506 e. The molecule has 0 bridgehead atoms. The molecule has 4 heteroatoms. The molecule has 0 amide bonds. The number of rotatable bonds is 1. The summed E-state index contributed by atoms with van der Waals surface area (Å²) in [5.74, 6) is 0. The van der Waals surface area contributed by atoms with E-state index in [1.54, 1.807) is 0 Å². The number of hydrogen-bond donors (Lipinski definition) is 2. The molecule has 0 spiro atoms. The number of carbonyl (C=O) groups is 1. The Morgan fingerprint density at radius 3 is 3.00 bits per heavy atom. The molecule has 4 nitrogen and oxygen atoms in total. The Balaban J connectivity index is 1.93. The van der Waals surface area contributed by atoms with Crippen LogP contribution in [0.4, 0.5) is 10.5 Å². The van der Waals surface area contributed by atoms with Gasteiger partial charge in [0, 0.05) is 11.3 Å². The first kappa shape index (κ1) is 10.2. The zero-order chi connectivity index (χ0) is 11.8. The van der Waals surface area contributed by atoms with Crippen molar-refractivity contribution in [1.82, 2.24) is 0 Å². The molecule has 2 aliphatic rings. The van der Waals surface area contributed by atoms with Crippen LogP contribution < -0.4 is 5.32 Å². The van der Waals surface area contributed by atoms with Gasteiger partial charge in [-0.3, -0.25) is 0 Å². The summed E-state index contributed by atoms with van der Waals surface area (Å²) in [7, 11) is 0. The normalized spacial score (nSPS) is 25.3. The van der Waals surface area contributed by atoms with Crippen molar-refractivity contribution in [1.29, 1.82) is 0 Å². The Labute approximate surface area is 98.9 Å². The molecule has 1 aliphatic carbocycles. The number of para-hydroxylation sites is 1. The van der Waals surface area contributed by atoms with Crippen molar-refractivity contribution >= 4 is 17.4 Å². The first-order chi connectivity index (χ1) is 8.24. The highest BCUT2D eigenvalue weighted by Gasteiger charge is 2.31. The van der Waals surface area contributed by atoms with Crippen molar-refractivity contribution in [3.05, 3.63) is 35.9 Å². The van der Waals surface area contributed by atoms with Gasteiger partial charge >= 0.3 is 6.16 Å². The highest BCUT2D eigenvalue weighted by atomic mass is 16.7. The Kier molecular flexibility index (Phi) is 2.28. The average molecular weight is 231 g/mol. The molecule has 0 fully saturated rings. The number of nitrogens with one attached hydrogen (secondary N) is 1. The van der Waals surface area contributed by atoms with Crippen LogP contribution in [-0.4, -0.2) is 23.4 Å². The van der Waals surface area contributed by atoms with E-state index in [9.17, 15) is 4.79 Å². The minimum absolute atomic E-state index is 0.307. The second kappa shape index (κ2) is 3.80. The number of hydrogen-bond acceptors (Lipinski definition) is 3. The summed E-state index contributed by atoms with van der Waals surface area (Å²) in [5.41, 5.74) is 3.45.